The zero-order valence-corrected chi connectivity index (χ0v) is 9.67. The van der Waals surface area contributed by atoms with Crippen molar-refractivity contribution >= 4 is 11.5 Å². The molecule has 2 N–H and O–H groups in total. The van der Waals surface area contributed by atoms with Gasteiger partial charge in [0.2, 0.25) is 0 Å². The highest BCUT2D eigenvalue weighted by molar-refractivity contribution is 7.05. The van der Waals surface area contributed by atoms with E-state index in [0.29, 0.717) is 6.61 Å². The summed E-state index contributed by atoms with van der Waals surface area (Å²) in [6, 6.07) is -0.0904. The maximum absolute atomic E-state index is 5.97. The molecule has 0 aromatic carbocycles. The van der Waals surface area contributed by atoms with Crippen LogP contribution in [0.25, 0.3) is 0 Å². The molecule has 0 aliphatic rings. The van der Waals surface area contributed by atoms with E-state index in [-0.39, 0.29) is 12.1 Å². The van der Waals surface area contributed by atoms with Crippen LogP contribution in [0.15, 0.2) is 0 Å². The summed E-state index contributed by atoms with van der Waals surface area (Å²) in [4.78, 5) is 1.05. The Morgan fingerprint density at radius 2 is 2.21 bits per heavy atom. The minimum atomic E-state index is -0.0904. The summed E-state index contributed by atoms with van der Waals surface area (Å²) in [5.74, 6) is 0. The van der Waals surface area contributed by atoms with Crippen molar-refractivity contribution in [3.8, 4) is 0 Å². The molecule has 0 aliphatic carbocycles. The van der Waals surface area contributed by atoms with Gasteiger partial charge in [-0.15, -0.1) is 5.10 Å². The molecule has 1 aromatic heterocycles. The first-order valence-electron chi connectivity index (χ1n) is 4.83. The number of aryl methyl sites for hydroxylation is 1. The van der Waals surface area contributed by atoms with Gasteiger partial charge in [-0.05, 0) is 31.8 Å². The van der Waals surface area contributed by atoms with Crippen molar-refractivity contribution in [3.05, 3.63) is 10.6 Å². The van der Waals surface area contributed by atoms with E-state index >= 15 is 0 Å². The minimum absolute atomic E-state index is 0.0904. The molecule has 0 spiro atoms. The van der Waals surface area contributed by atoms with Crippen LogP contribution in [0.1, 0.15) is 37.4 Å². The molecule has 14 heavy (non-hydrogen) atoms. The van der Waals surface area contributed by atoms with Gasteiger partial charge in [-0.1, -0.05) is 11.4 Å². The Morgan fingerprint density at radius 3 is 2.79 bits per heavy atom. The van der Waals surface area contributed by atoms with E-state index in [1.165, 1.54) is 11.5 Å². The van der Waals surface area contributed by atoms with Crippen LogP contribution in [-0.2, 0) is 11.2 Å². The third kappa shape index (κ3) is 3.01. The predicted octanol–water partition coefficient (Wildman–Crippen LogP) is 1.53. The molecule has 5 heteroatoms. The second kappa shape index (κ2) is 5.38. The Labute approximate surface area is 88.6 Å². The Hall–Kier alpha value is -0.520. The zero-order valence-electron chi connectivity index (χ0n) is 8.86. The molecule has 0 fully saturated rings. The Bertz CT molecular complexity index is 275. The van der Waals surface area contributed by atoms with Gasteiger partial charge in [0.1, 0.15) is 0 Å². The van der Waals surface area contributed by atoms with E-state index < -0.39 is 0 Å². The normalized spacial score (nSPS) is 13.5. The highest BCUT2D eigenvalue weighted by Crippen LogP contribution is 2.19. The highest BCUT2D eigenvalue weighted by Gasteiger charge is 2.14. The molecule has 1 unspecified atom stereocenters. The Kier molecular flexibility index (Phi) is 4.44. The van der Waals surface area contributed by atoms with Crippen LogP contribution in [0.2, 0.25) is 0 Å². The highest BCUT2D eigenvalue weighted by atomic mass is 32.1. The van der Waals surface area contributed by atoms with Gasteiger partial charge in [0.15, 0.2) is 0 Å². The molecule has 0 bridgehead atoms. The third-order valence-corrected chi connectivity index (χ3v) is 2.76. The molecule has 1 rings (SSSR count). The number of nitrogens with two attached hydrogens (primary N) is 1. The van der Waals surface area contributed by atoms with E-state index in [0.717, 1.165) is 17.0 Å². The first kappa shape index (κ1) is 11.6. The monoisotopic (exact) mass is 215 g/mol. The van der Waals surface area contributed by atoms with E-state index in [1.807, 2.05) is 13.8 Å². The summed E-state index contributed by atoms with van der Waals surface area (Å²) in [6.45, 7) is 6.58. The largest absolute Gasteiger partial charge is 0.377 e. The molecule has 0 amide bonds. The number of aromatic nitrogens is 2. The summed E-state index contributed by atoms with van der Waals surface area (Å²) >= 11 is 1.37. The summed E-state index contributed by atoms with van der Waals surface area (Å²) in [5.41, 5.74) is 6.96. The molecule has 4 nitrogen and oxygen atoms in total. The summed E-state index contributed by atoms with van der Waals surface area (Å²) in [6.07, 6.45) is 1.09. The molecular weight excluding hydrogens is 198 g/mol. The predicted molar refractivity (Wildman–Crippen MR) is 57.3 cm³/mol. The molecule has 0 radical (unpaired) electrons. The molecule has 0 saturated carbocycles. The summed E-state index contributed by atoms with van der Waals surface area (Å²) < 4.78 is 9.35. The molecule has 0 aliphatic heterocycles. The standard InChI is InChI=1S/C9H17N3OS/c1-4-8-9(14-12-11-8)7(10)5-13-6(2)3/h6-7H,4-5,10H2,1-3H3. The van der Waals surface area contributed by atoms with E-state index in [4.69, 9.17) is 10.5 Å². The van der Waals surface area contributed by atoms with Crippen LogP contribution < -0.4 is 5.73 Å². The summed E-state index contributed by atoms with van der Waals surface area (Å²) in [7, 11) is 0. The van der Waals surface area contributed by atoms with Crippen molar-refractivity contribution < 1.29 is 4.74 Å². The second-order valence-electron chi connectivity index (χ2n) is 3.43. The number of rotatable bonds is 5. The quantitative estimate of drug-likeness (QED) is 0.809. The fraction of sp³-hybridized carbons (Fsp3) is 0.778. The molecule has 0 saturated heterocycles. The van der Waals surface area contributed by atoms with Gasteiger partial charge in [0, 0.05) is 0 Å². The lowest BCUT2D eigenvalue weighted by atomic mass is 10.2. The summed E-state index contributed by atoms with van der Waals surface area (Å²) in [5, 5.41) is 4.02. The van der Waals surface area contributed by atoms with Crippen molar-refractivity contribution in [1.29, 1.82) is 0 Å². The van der Waals surface area contributed by atoms with Crippen LogP contribution >= 0.6 is 11.5 Å². The lowest BCUT2D eigenvalue weighted by molar-refractivity contribution is 0.0687. The Balaban J connectivity index is 2.55. The smallest absolute Gasteiger partial charge is 0.0801 e. The molecule has 80 valence electrons. The van der Waals surface area contributed by atoms with Crippen LogP contribution in [-0.4, -0.2) is 22.3 Å². The van der Waals surface area contributed by atoms with Gasteiger partial charge in [-0.3, -0.25) is 0 Å². The molecule has 1 atom stereocenters. The van der Waals surface area contributed by atoms with Crippen molar-refractivity contribution in [2.24, 2.45) is 5.73 Å². The fourth-order valence-electron chi connectivity index (χ4n) is 1.11. The fourth-order valence-corrected chi connectivity index (χ4v) is 1.84. The SMILES string of the molecule is CCc1nnsc1C(N)COC(C)C. The number of nitrogens with zero attached hydrogens (tertiary/aromatic N) is 2. The van der Waals surface area contributed by atoms with E-state index in [2.05, 4.69) is 16.5 Å². The average molecular weight is 215 g/mol. The van der Waals surface area contributed by atoms with Gasteiger partial charge in [0.05, 0.1) is 29.3 Å². The van der Waals surface area contributed by atoms with E-state index in [1.54, 1.807) is 0 Å². The van der Waals surface area contributed by atoms with E-state index in [9.17, 15) is 0 Å². The van der Waals surface area contributed by atoms with Gasteiger partial charge in [0.25, 0.3) is 0 Å². The maximum Gasteiger partial charge on any atom is 0.0801 e. The topological polar surface area (TPSA) is 61.0 Å². The van der Waals surface area contributed by atoms with Gasteiger partial charge >= 0.3 is 0 Å². The first-order chi connectivity index (χ1) is 6.65. The van der Waals surface area contributed by atoms with Crippen molar-refractivity contribution in [1.82, 2.24) is 9.59 Å². The van der Waals surface area contributed by atoms with Crippen LogP contribution in [0.3, 0.4) is 0 Å². The van der Waals surface area contributed by atoms with Gasteiger partial charge < -0.3 is 10.5 Å². The lowest BCUT2D eigenvalue weighted by Crippen LogP contribution is -2.19. The minimum Gasteiger partial charge on any atom is -0.377 e. The van der Waals surface area contributed by atoms with Crippen molar-refractivity contribution in [3.63, 3.8) is 0 Å². The second-order valence-corrected chi connectivity index (χ2v) is 4.21. The number of hydrogen-bond donors (Lipinski definition) is 1. The zero-order chi connectivity index (χ0) is 10.6. The molecule has 1 heterocycles. The average Bonchev–Trinajstić information content (AvgIpc) is 2.61. The van der Waals surface area contributed by atoms with Gasteiger partial charge in [-0.25, -0.2) is 0 Å². The van der Waals surface area contributed by atoms with Crippen molar-refractivity contribution in [2.45, 2.75) is 39.3 Å². The number of ether oxygens (including phenoxy) is 1. The molecular formula is C9H17N3OS. The third-order valence-electron chi connectivity index (χ3n) is 1.87. The number of hydrogen-bond acceptors (Lipinski definition) is 5. The lowest BCUT2D eigenvalue weighted by Gasteiger charge is -2.13. The van der Waals surface area contributed by atoms with Crippen LogP contribution in [0.4, 0.5) is 0 Å². The van der Waals surface area contributed by atoms with Gasteiger partial charge in [-0.2, -0.15) is 0 Å². The Morgan fingerprint density at radius 1 is 1.50 bits per heavy atom. The molecule has 1 aromatic rings. The first-order valence-corrected chi connectivity index (χ1v) is 5.60. The van der Waals surface area contributed by atoms with Crippen molar-refractivity contribution in [2.75, 3.05) is 6.61 Å². The maximum atomic E-state index is 5.97. The van der Waals surface area contributed by atoms with Crippen LogP contribution in [0, 0.1) is 0 Å². The van der Waals surface area contributed by atoms with Crippen LogP contribution in [0.5, 0.6) is 0 Å².